The van der Waals surface area contributed by atoms with Crippen LogP contribution in [0.1, 0.15) is 27.9 Å². The van der Waals surface area contributed by atoms with Crippen LogP contribution in [-0.2, 0) is 6.54 Å². The second-order valence-electron chi connectivity index (χ2n) is 6.46. The van der Waals surface area contributed by atoms with E-state index in [0.717, 1.165) is 37.3 Å². The molecule has 0 aromatic heterocycles. The molecule has 4 heteroatoms. The molecular formula is C20H25N3O. The van der Waals surface area contributed by atoms with Crippen LogP contribution in [0.25, 0.3) is 0 Å². The molecule has 4 nitrogen and oxygen atoms in total. The van der Waals surface area contributed by atoms with Gasteiger partial charge in [0.2, 0.25) is 0 Å². The first-order valence-corrected chi connectivity index (χ1v) is 8.51. The van der Waals surface area contributed by atoms with Crippen molar-refractivity contribution in [3.8, 4) is 0 Å². The molecule has 0 spiro atoms. The number of carbonyl (C=O) groups excluding carboxylic acids is 1. The van der Waals surface area contributed by atoms with Gasteiger partial charge in [-0.2, -0.15) is 0 Å². The number of hydrogen-bond acceptors (Lipinski definition) is 3. The van der Waals surface area contributed by atoms with Gasteiger partial charge in [-0.05, 0) is 42.7 Å². The molecule has 1 heterocycles. The van der Waals surface area contributed by atoms with E-state index in [0.29, 0.717) is 11.6 Å². The zero-order chi connectivity index (χ0) is 16.9. The molecule has 2 aromatic rings. The number of likely N-dealkylation sites (tertiary alicyclic amines) is 1. The van der Waals surface area contributed by atoms with Crippen molar-refractivity contribution in [2.24, 2.45) is 0 Å². The Kier molecular flexibility index (Phi) is 5.16. The van der Waals surface area contributed by atoms with Crippen molar-refractivity contribution in [2.45, 2.75) is 25.9 Å². The Bertz CT molecular complexity index is 699. The molecule has 126 valence electrons. The quantitative estimate of drug-likeness (QED) is 0.889. The molecule has 24 heavy (non-hydrogen) atoms. The maximum Gasteiger partial charge on any atom is 0.251 e. The Morgan fingerprint density at radius 2 is 2.00 bits per heavy atom. The first kappa shape index (κ1) is 16.5. The lowest BCUT2D eigenvalue weighted by Gasteiger charge is -2.19. The van der Waals surface area contributed by atoms with Crippen molar-refractivity contribution in [2.75, 3.05) is 25.5 Å². The predicted octanol–water partition coefficient (Wildman–Crippen LogP) is 3.04. The highest BCUT2D eigenvalue weighted by molar-refractivity contribution is 5.94. The summed E-state index contributed by atoms with van der Waals surface area (Å²) in [4.78, 5) is 14.2. The van der Waals surface area contributed by atoms with Crippen LogP contribution in [0, 0.1) is 6.92 Å². The smallest absolute Gasteiger partial charge is 0.251 e. The fraction of sp³-hybridized carbons (Fsp3) is 0.350. The highest BCUT2D eigenvalue weighted by atomic mass is 16.1. The third kappa shape index (κ3) is 3.95. The largest absolute Gasteiger partial charge is 0.381 e. The summed E-state index contributed by atoms with van der Waals surface area (Å²) in [5.74, 6) is -0.0421. The third-order valence-electron chi connectivity index (χ3n) is 4.60. The number of amides is 1. The fourth-order valence-corrected chi connectivity index (χ4v) is 3.27. The SMILES string of the molecule is CNC(=O)c1ccc(NC2CCN(Cc3ccccc3)C2)c(C)c1. The summed E-state index contributed by atoms with van der Waals surface area (Å²) in [6, 6.07) is 16.9. The first-order chi connectivity index (χ1) is 11.7. The van der Waals surface area contributed by atoms with Crippen molar-refractivity contribution in [3.05, 3.63) is 65.2 Å². The molecule has 0 radical (unpaired) electrons. The van der Waals surface area contributed by atoms with Crippen molar-refractivity contribution in [3.63, 3.8) is 0 Å². The molecule has 3 rings (SSSR count). The van der Waals surface area contributed by atoms with Crippen molar-refractivity contribution in [1.29, 1.82) is 0 Å². The third-order valence-corrected chi connectivity index (χ3v) is 4.60. The molecule has 1 aliphatic heterocycles. The Balaban J connectivity index is 1.58. The van der Waals surface area contributed by atoms with Crippen molar-refractivity contribution < 1.29 is 4.79 Å². The van der Waals surface area contributed by atoms with E-state index in [1.54, 1.807) is 7.05 Å². The van der Waals surface area contributed by atoms with Gasteiger partial charge in [-0.1, -0.05) is 30.3 Å². The summed E-state index contributed by atoms with van der Waals surface area (Å²) >= 11 is 0. The molecule has 2 aromatic carbocycles. The molecular weight excluding hydrogens is 298 g/mol. The van der Waals surface area contributed by atoms with Gasteiger partial charge >= 0.3 is 0 Å². The first-order valence-electron chi connectivity index (χ1n) is 8.51. The van der Waals surface area contributed by atoms with E-state index in [1.165, 1.54) is 5.56 Å². The minimum absolute atomic E-state index is 0.0421. The van der Waals surface area contributed by atoms with Gasteiger partial charge in [0.05, 0.1) is 0 Å². The van der Waals surface area contributed by atoms with Crippen molar-refractivity contribution in [1.82, 2.24) is 10.2 Å². The van der Waals surface area contributed by atoms with E-state index >= 15 is 0 Å². The Morgan fingerprint density at radius 1 is 1.21 bits per heavy atom. The summed E-state index contributed by atoms with van der Waals surface area (Å²) < 4.78 is 0. The van der Waals surface area contributed by atoms with E-state index in [2.05, 4.69) is 45.9 Å². The normalized spacial score (nSPS) is 17.7. The van der Waals surface area contributed by atoms with Gasteiger partial charge in [0, 0.05) is 44.0 Å². The Morgan fingerprint density at radius 3 is 2.71 bits per heavy atom. The maximum absolute atomic E-state index is 11.7. The predicted molar refractivity (Wildman–Crippen MR) is 98.3 cm³/mol. The van der Waals surface area contributed by atoms with Crippen LogP contribution in [-0.4, -0.2) is 37.0 Å². The monoisotopic (exact) mass is 323 g/mol. The van der Waals surface area contributed by atoms with Crippen LogP contribution in [0.4, 0.5) is 5.69 Å². The Hall–Kier alpha value is -2.33. The molecule has 1 amide bonds. The van der Waals surface area contributed by atoms with Crippen LogP contribution in [0.15, 0.2) is 48.5 Å². The van der Waals surface area contributed by atoms with Gasteiger partial charge in [0.15, 0.2) is 0 Å². The van der Waals surface area contributed by atoms with E-state index in [-0.39, 0.29) is 5.91 Å². The minimum Gasteiger partial charge on any atom is -0.381 e. The van der Waals surface area contributed by atoms with E-state index in [4.69, 9.17) is 0 Å². The van der Waals surface area contributed by atoms with Crippen LogP contribution in [0.5, 0.6) is 0 Å². The second-order valence-corrected chi connectivity index (χ2v) is 6.46. The van der Waals surface area contributed by atoms with Crippen LogP contribution in [0.2, 0.25) is 0 Å². The van der Waals surface area contributed by atoms with Crippen LogP contribution in [0.3, 0.4) is 0 Å². The molecule has 0 bridgehead atoms. The summed E-state index contributed by atoms with van der Waals surface area (Å²) in [5, 5.41) is 6.30. The average molecular weight is 323 g/mol. The zero-order valence-corrected chi connectivity index (χ0v) is 14.4. The minimum atomic E-state index is -0.0421. The summed E-state index contributed by atoms with van der Waals surface area (Å²) in [7, 11) is 1.66. The van der Waals surface area contributed by atoms with Gasteiger partial charge in [-0.15, -0.1) is 0 Å². The lowest BCUT2D eigenvalue weighted by Crippen LogP contribution is -2.26. The number of nitrogens with zero attached hydrogens (tertiary/aromatic N) is 1. The topological polar surface area (TPSA) is 44.4 Å². The number of aryl methyl sites for hydroxylation is 1. The molecule has 1 unspecified atom stereocenters. The molecule has 0 saturated carbocycles. The maximum atomic E-state index is 11.7. The van der Waals surface area contributed by atoms with E-state index in [9.17, 15) is 4.79 Å². The number of rotatable bonds is 5. The summed E-state index contributed by atoms with van der Waals surface area (Å²) in [6.45, 7) is 5.21. The number of nitrogens with one attached hydrogen (secondary N) is 2. The van der Waals surface area contributed by atoms with Gasteiger partial charge in [0.25, 0.3) is 5.91 Å². The molecule has 1 aliphatic rings. The number of carbonyl (C=O) groups is 1. The standard InChI is InChI=1S/C20H25N3O/c1-15-12-17(20(24)21-2)8-9-19(15)22-18-10-11-23(14-18)13-16-6-4-3-5-7-16/h3-9,12,18,22H,10-11,13-14H2,1-2H3,(H,21,24). The molecule has 2 N–H and O–H groups in total. The lowest BCUT2D eigenvalue weighted by molar-refractivity contribution is 0.0963. The van der Waals surface area contributed by atoms with Crippen LogP contribution < -0.4 is 10.6 Å². The summed E-state index contributed by atoms with van der Waals surface area (Å²) in [6.07, 6.45) is 1.14. The fourth-order valence-electron chi connectivity index (χ4n) is 3.27. The van der Waals surface area contributed by atoms with Gasteiger partial charge in [0.1, 0.15) is 0 Å². The molecule has 1 saturated heterocycles. The number of hydrogen-bond donors (Lipinski definition) is 2. The van der Waals surface area contributed by atoms with Gasteiger partial charge in [-0.25, -0.2) is 0 Å². The summed E-state index contributed by atoms with van der Waals surface area (Å²) in [5.41, 5.74) is 4.30. The van der Waals surface area contributed by atoms with E-state index < -0.39 is 0 Å². The lowest BCUT2D eigenvalue weighted by atomic mass is 10.1. The number of benzene rings is 2. The molecule has 1 atom stereocenters. The van der Waals surface area contributed by atoms with Crippen LogP contribution >= 0.6 is 0 Å². The van der Waals surface area contributed by atoms with Gasteiger partial charge in [-0.3, -0.25) is 9.69 Å². The molecule has 0 aliphatic carbocycles. The van der Waals surface area contributed by atoms with E-state index in [1.807, 2.05) is 25.1 Å². The zero-order valence-electron chi connectivity index (χ0n) is 14.4. The highest BCUT2D eigenvalue weighted by Crippen LogP contribution is 2.21. The van der Waals surface area contributed by atoms with Gasteiger partial charge < -0.3 is 10.6 Å². The Labute approximate surface area is 143 Å². The average Bonchev–Trinajstić information content (AvgIpc) is 3.04. The molecule has 1 fully saturated rings. The van der Waals surface area contributed by atoms with Crippen molar-refractivity contribution >= 4 is 11.6 Å². The second kappa shape index (κ2) is 7.49. The highest BCUT2D eigenvalue weighted by Gasteiger charge is 2.22. The number of anilines is 1.